The molecule has 0 fully saturated rings. The van der Waals surface area contributed by atoms with Crippen LogP contribution in [-0.4, -0.2) is 37.5 Å². The van der Waals surface area contributed by atoms with Crippen LogP contribution in [0.4, 0.5) is 0 Å². The first-order valence-electron chi connectivity index (χ1n) is 6.65. The van der Waals surface area contributed by atoms with E-state index in [1.807, 2.05) is 13.8 Å². The lowest BCUT2D eigenvalue weighted by atomic mass is 10.1. The standard InChI is InChI=1S/C16H22O5/c1-16(2,20-4)9-10-21-14-11-13(19-3)7-5-12(14)6-8-15(17)18/h5-8,11H,9-10H2,1-4H3,(H,17,18)/b8-6+. The molecule has 1 aromatic rings. The molecule has 0 bridgehead atoms. The van der Waals surface area contributed by atoms with E-state index in [1.165, 1.54) is 6.08 Å². The highest BCUT2D eigenvalue weighted by atomic mass is 16.5. The van der Waals surface area contributed by atoms with E-state index in [-0.39, 0.29) is 5.60 Å². The van der Waals surface area contributed by atoms with Crippen LogP contribution in [0.1, 0.15) is 25.8 Å². The zero-order valence-electron chi connectivity index (χ0n) is 12.9. The summed E-state index contributed by atoms with van der Waals surface area (Å²) < 4.78 is 16.2. The Balaban J connectivity index is 2.84. The summed E-state index contributed by atoms with van der Waals surface area (Å²) in [6.45, 7) is 4.42. The van der Waals surface area contributed by atoms with Gasteiger partial charge in [0, 0.05) is 31.2 Å². The maximum atomic E-state index is 10.6. The third-order valence-electron chi connectivity index (χ3n) is 3.14. The van der Waals surface area contributed by atoms with Gasteiger partial charge in [0.25, 0.3) is 0 Å². The molecule has 1 N–H and O–H groups in total. The number of hydrogen-bond acceptors (Lipinski definition) is 4. The van der Waals surface area contributed by atoms with E-state index in [9.17, 15) is 4.79 Å². The van der Waals surface area contributed by atoms with Crippen molar-refractivity contribution >= 4 is 12.0 Å². The first kappa shape index (κ1) is 17.0. The smallest absolute Gasteiger partial charge is 0.328 e. The largest absolute Gasteiger partial charge is 0.497 e. The summed E-state index contributed by atoms with van der Waals surface area (Å²) in [6.07, 6.45) is 3.29. The van der Waals surface area contributed by atoms with E-state index in [0.29, 0.717) is 30.1 Å². The van der Waals surface area contributed by atoms with Crippen LogP contribution < -0.4 is 9.47 Å². The predicted molar refractivity (Wildman–Crippen MR) is 80.9 cm³/mol. The van der Waals surface area contributed by atoms with Crippen molar-refractivity contribution in [2.75, 3.05) is 20.8 Å². The van der Waals surface area contributed by atoms with Crippen molar-refractivity contribution in [2.24, 2.45) is 0 Å². The normalized spacial score (nSPS) is 11.6. The lowest BCUT2D eigenvalue weighted by Crippen LogP contribution is -2.25. The van der Waals surface area contributed by atoms with Crippen LogP contribution >= 0.6 is 0 Å². The molecular formula is C16H22O5. The van der Waals surface area contributed by atoms with Crippen LogP contribution in [0.25, 0.3) is 6.08 Å². The minimum atomic E-state index is -1.00. The highest BCUT2D eigenvalue weighted by Gasteiger charge is 2.16. The lowest BCUT2D eigenvalue weighted by molar-refractivity contribution is -0.131. The third kappa shape index (κ3) is 5.87. The van der Waals surface area contributed by atoms with Gasteiger partial charge >= 0.3 is 5.97 Å². The molecule has 0 aliphatic heterocycles. The van der Waals surface area contributed by atoms with Crippen LogP contribution in [0.15, 0.2) is 24.3 Å². The van der Waals surface area contributed by atoms with Gasteiger partial charge in [0.1, 0.15) is 11.5 Å². The fraction of sp³-hybridized carbons (Fsp3) is 0.438. The predicted octanol–water partition coefficient (Wildman–Crippen LogP) is 2.99. The van der Waals surface area contributed by atoms with Gasteiger partial charge in [0.2, 0.25) is 0 Å². The lowest BCUT2D eigenvalue weighted by Gasteiger charge is -2.23. The number of rotatable bonds is 8. The Kier molecular flexibility index (Phi) is 6.24. The zero-order chi connectivity index (χ0) is 15.9. The van der Waals surface area contributed by atoms with Crippen LogP contribution in [-0.2, 0) is 9.53 Å². The SMILES string of the molecule is COc1ccc(/C=C/C(=O)O)c(OCCC(C)(C)OC)c1. The fourth-order valence-electron chi connectivity index (χ4n) is 1.57. The van der Waals surface area contributed by atoms with E-state index in [4.69, 9.17) is 19.3 Å². The number of aliphatic carboxylic acids is 1. The van der Waals surface area contributed by atoms with Crippen LogP contribution in [0.2, 0.25) is 0 Å². The number of ether oxygens (including phenoxy) is 3. The average molecular weight is 294 g/mol. The Morgan fingerprint density at radius 1 is 1.33 bits per heavy atom. The Morgan fingerprint density at radius 2 is 2.05 bits per heavy atom. The Hall–Kier alpha value is -2.01. The van der Waals surface area contributed by atoms with Crippen LogP contribution in [0.3, 0.4) is 0 Å². The van der Waals surface area contributed by atoms with Gasteiger partial charge in [-0.05, 0) is 32.1 Å². The molecular weight excluding hydrogens is 272 g/mol. The van der Waals surface area contributed by atoms with Gasteiger partial charge in [-0.2, -0.15) is 0 Å². The fourth-order valence-corrected chi connectivity index (χ4v) is 1.57. The number of methoxy groups -OCH3 is 2. The van der Waals surface area contributed by atoms with Crippen LogP contribution in [0.5, 0.6) is 11.5 Å². The first-order valence-corrected chi connectivity index (χ1v) is 6.65. The van der Waals surface area contributed by atoms with Crippen molar-refractivity contribution in [3.8, 4) is 11.5 Å². The number of carbonyl (C=O) groups is 1. The molecule has 0 aromatic heterocycles. The van der Waals surface area contributed by atoms with Gasteiger partial charge in [0.05, 0.1) is 19.3 Å². The van der Waals surface area contributed by atoms with Gasteiger partial charge in [-0.1, -0.05) is 0 Å². The maximum absolute atomic E-state index is 10.6. The molecule has 0 saturated carbocycles. The van der Waals surface area contributed by atoms with Crippen LogP contribution in [0, 0.1) is 0 Å². The second-order valence-corrected chi connectivity index (χ2v) is 5.14. The molecule has 0 spiro atoms. The molecule has 0 unspecified atom stereocenters. The topological polar surface area (TPSA) is 65.0 Å². The van der Waals surface area contributed by atoms with Gasteiger partial charge in [-0.3, -0.25) is 0 Å². The van der Waals surface area contributed by atoms with Crippen molar-refractivity contribution in [2.45, 2.75) is 25.9 Å². The summed E-state index contributed by atoms with van der Waals surface area (Å²) >= 11 is 0. The van der Waals surface area contributed by atoms with Crippen molar-refractivity contribution in [1.82, 2.24) is 0 Å². The Labute approximate surface area is 125 Å². The van der Waals surface area contributed by atoms with Crippen molar-refractivity contribution in [1.29, 1.82) is 0 Å². The zero-order valence-corrected chi connectivity index (χ0v) is 12.9. The number of hydrogen-bond donors (Lipinski definition) is 1. The van der Waals surface area contributed by atoms with E-state index in [2.05, 4.69) is 0 Å². The molecule has 0 aliphatic rings. The molecule has 1 rings (SSSR count). The van der Waals surface area contributed by atoms with Gasteiger partial charge < -0.3 is 19.3 Å². The summed E-state index contributed by atoms with van der Waals surface area (Å²) in [6, 6.07) is 5.25. The molecule has 0 radical (unpaired) electrons. The van der Waals surface area contributed by atoms with E-state index >= 15 is 0 Å². The van der Waals surface area contributed by atoms with E-state index in [1.54, 1.807) is 32.4 Å². The van der Waals surface area contributed by atoms with E-state index in [0.717, 1.165) is 6.08 Å². The quantitative estimate of drug-likeness (QED) is 0.747. The van der Waals surface area contributed by atoms with Gasteiger partial charge in [0.15, 0.2) is 0 Å². The molecule has 5 nitrogen and oxygen atoms in total. The Morgan fingerprint density at radius 3 is 2.62 bits per heavy atom. The third-order valence-corrected chi connectivity index (χ3v) is 3.14. The second-order valence-electron chi connectivity index (χ2n) is 5.14. The number of benzene rings is 1. The van der Waals surface area contributed by atoms with E-state index < -0.39 is 5.97 Å². The molecule has 0 heterocycles. The minimum absolute atomic E-state index is 0.268. The summed E-state index contributed by atoms with van der Waals surface area (Å²) in [5.41, 5.74) is 0.420. The van der Waals surface area contributed by atoms with Crippen molar-refractivity contribution in [3.05, 3.63) is 29.8 Å². The molecule has 1 aromatic carbocycles. The molecule has 21 heavy (non-hydrogen) atoms. The van der Waals surface area contributed by atoms with Gasteiger partial charge in [-0.15, -0.1) is 0 Å². The molecule has 0 atom stereocenters. The summed E-state index contributed by atoms with van der Waals surface area (Å²) in [7, 11) is 3.23. The first-order chi connectivity index (χ1) is 9.88. The minimum Gasteiger partial charge on any atom is -0.497 e. The Bertz CT molecular complexity index is 505. The highest BCUT2D eigenvalue weighted by Crippen LogP contribution is 2.26. The monoisotopic (exact) mass is 294 g/mol. The molecule has 0 saturated heterocycles. The van der Waals surface area contributed by atoms with Crippen molar-refractivity contribution in [3.63, 3.8) is 0 Å². The summed E-state index contributed by atoms with van der Waals surface area (Å²) in [4.78, 5) is 10.6. The number of carboxylic acids is 1. The maximum Gasteiger partial charge on any atom is 0.328 e. The summed E-state index contributed by atoms with van der Waals surface area (Å²) in [5, 5.41) is 8.71. The van der Waals surface area contributed by atoms with Gasteiger partial charge in [-0.25, -0.2) is 4.79 Å². The average Bonchev–Trinajstić information content (AvgIpc) is 2.45. The molecule has 5 heteroatoms. The molecule has 0 aliphatic carbocycles. The molecule has 116 valence electrons. The second kappa shape index (κ2) is 7.69. The summed E-state index contributed by atoms with van der Waals surface area (Å²) in [5.74, 6) is 0.236. The number of carboxylic acid groups (broad SMARTS) is 1. The van der Waals surface area contributed by atoms with Crippen molar-refractivity contribution < 1.29 is 24.1 Å². The molecule has 0 amide bonds. The highest BCUT2D eigenvalue weighted by molar-refractivity contribution is 5.86.